The monoisotopic (exact) mass is 241 g/mol. The third kappa shape index (κ3) is 1.87. The molecule has 4 nitrogen and oxygen atoms in total. The van der Waals surface area contributed by atoms with Crippen molar-refractivity contribution in [1.82, 2.24) is 0 Å². The molecule has 1 aliphatic heterocycles. The fourth-order valence-electron chi connectivity index (χ4n) is 1.77. The van der Waals surface area contributed by atoms with Gasteiger partial charge in [-0.3, -0.25) is 4.31 Å². The standard InChI is InChI=1S/C11H15NO3S/c1-3-16(13,14)12-8-9(2)15-11-7-5-4-6-10(11)12/h4-7,9H,3,8H2,1-2H3. The van der Waals surface area contributed by atoms with Crippen LogP contribution in [0.5, 0.6) is 5.75 Å². The molecule has 0 bridgehead atoms. The molecule has 0 aliphatic carbocycles. The number of anilines is 1. The van der Waals surface area contributed by atoms with Crippen LogP contribution in [0.25, 0.3) is 0 Å². The van der Waals surface area contributed by atoms with E-state index in [0.717, 1.165) is 0 Å². The highest BCUT2D eigenvalue weighted by Crippen LogP contribution is 2.34. The molecule has 1 unspecified atom stereocenters. The maximum absolute atomic E-state index is 11.9. The maximum Gasteiger partial charge on any atom is 0.235 e. The quantitative estimate of drug-likeness (QED) is 0.790. The largest absolute Gasteiger partial charge is 0.487 e. The minimum atomic E-state index is -3.21. The van der Waals surface area contributed by atoms with Gasteiger partial charge >= 0.3 is 0 Å². The van der Waals surface area contributed by atoms with Gasteiger partial charge in [0.1, 0.15) is 11.9 Å². The Kier molecular flexibility index (Phi) is 2.80. The third-order valence-electron chi connectivity index (χ3n) is 2.59. The molecule has 1 heterocycles. The fraction of sp³-hybridized carbons (Fsp3) is 0.455. The highest BCUT2D eigenvalue weighted by Gasteiger charge is 2.29. The molecule has 0 saturated heterocycles. The maximum atomic E-state index is 11.9. The second-order valence-electron chi connectivity index (χ2n) is 3.83. The van der Waals surface area contributed by atoms with Gasteiger partial charge in [-0.1, -0.05) is 12.1 Å². The van der Waals surface area contributed by atoms with E-state index >= 15 is 0 Å². The first-order valence-electron chi connectivity index (χ1n) is 5.30. The summed E-state index contributed by atoms with van der Waals surface area (Å²) in [6.45, 7) is 3.90. The number of benzene rings is 1. The molecule has 0 N–H and O–H groups in total. The Labute approximate surface area is 95.9 Å². The molecule has 1 aromatic rings. The Morgan fingerprint density at radius 3 is 2.81 bits per heavy atom. The average molecular weight is 241 g/mol. The van der Waals surface area contributed by atoms with Crippen molar-refractivity contribution in [2.75, 3.05) is 16.6 Å². The van der Waals surface area contributed by atoms with Gasteiger partial charge in [-0.15, -0.1) is 0 Å². The van der Waals surface area contributed by atoms with Crippen LogP contribution < -0.4 is 9.04 Å². The lowest BCUT2D eigenvalue weighted by molar-refractivity contribution is 0.219. The van der Waals surface area contributed by atoms with Crippen LogP contribution in [0.1, 0.15) is 13.8 Å². The zero-order chi connectivity index (χ0) is 11.8. The van der Waals surface area contributed by atoms with Crippen LogP contribution in [0.4, 0.5) is 5.69 Å². The van der Waals surface area contributed by atoms with Gasteiger partial charge in [0, 0.05) is 0 Å². The summed E-state index contributed by atoms with van der Waals surface area (Å²) >= 11 is 0. The molecule has 0 spiro atoms. The van der Waals surface area contributed by atoms with Crippen molar-refractivity contribution >= 4 is 15.7 Å². The predicted molar refractivity (Wildman–Crippen MR) is 63.3 cm³/mol. The van der Waals surface area contributed by atoms with Gasteiger partial charge in [0.2, 0.25) is 10.0 Å². The van der Waals surface area contributed by atoms with Crippen LogP contribution in [0, 0.1) is 0 Å². The summed E-state index contributed by atoms with van der Waals surface area (Å²) in [6.07, 6.45) is -0.115. The number of fused-ring (bicyclic) bond motifs is 1. The van der Waals surface area contributed by atoms with Gasteiger partial charge in [0.25, 0.3) is 0 Å². The van der Waals surface area contributed by atoms with Crippen LogP contribution in [-0.2, 0) is 10.0 Å². The molecule has 0 amide bonds. The number of hydrogen-bond acceptors (Lipinski definition) is 3. The second kappa shape index (κ2) is 3.97. The molecule has 5 heteroatoms. The zero-order valence-electron chi connectivity index (χ0n) is 9.38. The van der Waals surface area contributed by atoms with Gasteiger partial charge in [0.15, 0.2) is 0 Å². The van der Waals surface area contributed by atoms with E-state index in [4.69, 9.17) is 4.74 Å². The van der Waals surface area contributed by atoms with Gasteiger partial charge in [-0.05, 0) is 26.0 Å². The van der Waals surface area contributed by atoms with Crippen LogP contribution in [0.3, 0.4) is 0 Å². The average Bonchev–Trinajstić information content (AvgIpc) is 2.28. The number of hydrogen-bond donors (Lipinski definition) is 0. The lowest BCUT2D eigenvalue weighted by Crippen LogP contribution is -2.42. The van der Waals surface area contributed by atoms with Crippen molar-refractivity contribution in [3.63, 3.8) is 0 Å². The normalized spacial score (nSPS) is 20.1. The van der Waals surface area contributed by atoms with Crippen molar-refractivity contribution in [2.24, 2.45) is 0 Å². The summed E-state index contributed by atoms with van der Waals surface area (Å²) < 4.78 is 30.9. The Bertz CT molecular complexity index is 484. The second-order valence-corrected chi connectivity index (χ2v) is 6.01. The van der Waals surface area contributed by atoms with Gasteiger partial charge in [-0.25, -0.2) is 8.42 Å². The smallest absolute Gasteiger partial charge is 0.235 e. The molecule has 0 aromatic heterocycles. The van der Waals surface area contributed by atoms with E-state index < -0.39 is 10.0 Å². The molecule has 88 valence electrons. The topological polar surface area (TPSA) is 46.6 Å². The number of para-hydroxylation sites is 2. The van der Waals surface area contributed by atoms with Crippen molar-refractivity contribution in [2.45, 2.75) is 20.0 Å². The summed E-state index contributed by atoms with van der Waals surface area (Å²) in [7, 11) is -3.21. The Hall–Kier alpha value is -1.23. The molecule has 1 atom stereocenters. The highest BCUT2D eigenvalue weighted by molar-refractivity contribution is 7.92. The summed E-state index contributed by atoms with van der Waals surface area (Å²) in [5, 5.41) is 0. The summed E-state index contributed by atoms with van der Waals surface area (Å²) in [5.74, 6) is 0.743. The molecule has 1 aromatic carbocycles. The first-order chi connectivity index (χ1) is 7.54. The van der Waals surface area contributed by atoms with Gasteiger partial charge < -0.3 is 4.74 Å². The summed E-state index contributed by atoms with van der Waals surface area (Å²) in [5.41, 5.74) is 0.641. The minimum Gasteiger partial charge on any atom is -0.487 e. The first-order valence-corrected chi connectivity index (χ1v) is 6.91. The van der Waals surface area contributed by atoms with Crippen molar-refractivity contribution in [3.8, 4) is 5.75 Å². The van der Waals surface area contributed by atoms with E-state index in [2.05, 4.69) is 0 Å². The number of ether oxygens (including phenoxy) is 1. The number of nitrogens with zero attached hydrogens (tertiary/aromatic N) is 1. The van der Waals surface area contributed by atoms with Gasteiger partial charge in [-0.2, -0.15) is 0 Å². The van der Waals surface area contributed by atoms with Crippen LogP contribution in [-0.4, -0.2) is 26.8 Å². The van der Waals surface area contributed by atoms with E-state index in [1.807, 2.05) is 19.1 Å². The number of rotatable bonds is 2. The molecular formula is C11H15NO3S. The van der Waals surface area contributed by atoms with Crippen LogP contribution in [0.15, 0.2) is 24.3 Å². The molecular weight excluding hydrogens is 226 g/mol. The minimum absolute atomic E-state index is 0.105. The van der Waals surface area contributed by atoms with E-state index in [-0.39, 0.29) is 11.9 Å². The van der Waals surface area contributed by atoms with Crippen molar-refractivity contribution < 1.29 is 13.2 Å². The Balaban J connectivity index is 2.49. The summed E-state index contributed by atoms with van der Waals surface area (Å²) in [6, 6.07) is 7.22. The lowest BCUT2D eigenvalue weighted by atomic mass is 10.2. The fourth-order valence-corrected chi connectivity index (χ4v) is 2.97. The van der Waals surface area contributed by atoms with E-state index in [0.29, 0.717) is 18.0 Å². The molecule has 0 saturated carbocycles. The third-order valence-corrected chi connectivity index (χ3v) is 4.33. The zero-order valence-corrected chi connectivity index (χ0v) is 10.2. The molecule has 16 heavy (non-hydrogen) atoms. The lowest BCUT2D eigenvalue weighted by Gasteiger charge is -2.33. The number of sulfonamides is 1. The van der Waals surface area contributed by atoms with Gasteiger partial charge in [0.05, 0.1) is 18.0 Å². The van der Waals surface area contributed by atoms with Crippen molar-refractivity contribution in [3.05, 3.63) is 24.3 Å². The molecule has 2 rings (SSSR count). The first kappa shape index (κ1) is 11.3. The Morgan fingerprint density at radius 1 is 1.44 bits per heavy atom. The van der Waals surface area contributed by atoms with E-state index in [1.165, 1.54) is 4.31 Å². The molecule has 0 radical (unpaired) electrons. The van der Waals surface area contributed by atoms with E-state index in [1.54, 1.807) is 19.1 Å². The van der Waals surface area contributed by atoms with Crippen LogP contribution in [0.2, 0.25) is 0 Å². The predicted octanol–water partition coefficient (Wildman–Crippen LogP) is 1.62. The van der Waals surface area contributed by atoms with Crippen LogP contribution >= 0.6 is 0 Å². The summed E-state index contributed by atoms with van der Waals surface area (Å²) in [4.78, 5) is 0. The van der Waals surface area contributed by atoms with Crippen molar-refractivity contribution in [1.29, 1.82) is 0 Å². The molecule has 1 aliphatic rings. The highest BCUT2D eigenvalue weighted by atomic mass is 32.2. The van der Waals surface area contributed by atoms with E-state index in [9.17, 15) is 8.42 Å². The SMILES string of the molecule is CCS(=O)(=O)N1CC(C)Oc2ccccc21. The Morgan fingerprint density at radius 2 is 2.12 bits per heavy atom. The molecule has 0 fully saturated rings.